The zero-order valence-corrected chi connectivity index (χ0v) is 14.0. The van der Waals surface area contributed by atoms with Gasteiger partial charge in [0.1, 0.15) is 0 Å². The van der Waals surface area contributed by atoms with Crippen molar-refractivity contribution < 1.29 is 8.42 Å². The lowest BCUT2D eigenvalue weighted by Crippen LogP contribution is -2.50. The quantitative estimate of drug-likeness (QED) is 0.864. The Morgan fingerprint density at radius 3 is 2.47 bits per heavy atom. The van der Waals surface area contributed by atoms with Crippen LogP contribution in [0.3, 0.4) is 0 Å². The maximum Gasteiger partial charge on any atom is 0.211 e. The van der Waals surface area contributed by atoms with E-state index in [-0.39, 0.29) is 6.04 Å². The molecule has 2 N–H and O–H groups in total. The average molecular weight is 368 g/mol. The van der Waals surface area contributed by atoms with Gasteiger partial charge in [0.25, 0.3) is 0 Å². The summed E-state index contributed by atoms with van der Waals surface area (Å²) in [5, 5.41) is 2.04. The van der Waals surface area contributed by atoms with Gasteiger partial charge in [-0.1, -0.05) is 0 Å². The van der Waals surface area contributed by atoms with Crippen molar-refractivity contribution in [1.29, 1.82) is 0 Å². The highest BCUT2D eigenvalue weighted by molar-refractivity contribution is 9.10. The molecule has 1 aromatic heterocycles. The first-order valence-electron chi connectivity index (χ1n) is 6.05. The number of halogens is 1. The molecule has 1 atom stereocenters. The summed E-state index contributed by atoms with van der Waals surface area (Å²) < 4.78 is 25.6. The van der Waals surface area contributed by atoms with Crippen LogP contribution < -0.4 is 5.73 Å². The normalized spacial score (nSPS) is 20.6. The third kappa shape index (κ3) is 3.56. The molecule has 2 rings (SSSR count). The number of rotatable bonds is 4. The summed E-state index contributed by atoms with van der Waals surface area (Å²) in [5.74, 6) is 0. The Balaban J connectivity index is 2.06. The molecule has 19 heavy (non-hydrogen) atoms. The van der Waals surface area contributed by atoms with Crippen LogP contribution in [0.4, 0.5) is 0 Å². The fraction of sp³-hybridized carbons (Fsp3) is 0.636. The fourth-order valence-electron chi connectivity index (χ4n) is 2.31. The van der Waals surface area contributed by atoms with Crippen LogP contribution in [0.5, 0.6) is 0 Å². The van der Waals surface area contributed by atoms with Crippen molar-refractivity contribution in [2.75, 3.05) is 39.0 Å². The molecule has 0 amide bonds. The molecule has 1 fully saturated rings. The lowest BCUT2D eigenvalue weighted by molar-refractivity contribution is 0.142. The third-order valence-corrected chi connectivity index (χ3v) is 6.63. The summed E-state index contributed by atoms with van der Waals surface area (Å²) in [4.78, 5) is 3.48. The second-order valence-electron chi connectivity index (χ2n) is 4.58. The molecule has 0 bridgehead atoms. The first-order chi connectivity index (χ1) is 8.93. The van der Waals surface area contributed by atoms with E-state index in [0.29, 0.717) is 19.6 Å². The molecule has 8 heteroatoms. The second-order valence-corrected chi connectivity index (χ2v) is 8.37. The molecule has 108 valence electrons. The predicted molar refractivity (Wildman–Crippen MR) is 81.8 cm³/mol. The third-order valence-electron chi connectivity index (χ3n) is 3.35. The van der Waals surface area contributed by atoms with Gasteiger partial charge >= 0.3 is 0 Å². The van der Waals surface area contributed by atoms with E-state index < -0.39 is 10.0 Å². The number of piperazine rings is 1. The Morgan fingerprint density at radius 1 is 1.42 bits per heavy atom. The smallest absolute Gasteiger partial charge is 0.211 e. The highest BCUT2D eigenvalue weighted by Gasteiger charge is 2.29. The van der Waals surface area contributed by atoms with E-state index in [1.807, 2.05) is 11.4 Å². The van der Waals surface area contributed by atoms with Crippen molar-refractivity contribution in [3.05, 3.63) is 20.8 Å². The van der Waals surface area contributed by atoms with E-state index in [1.165, 1.54) is 15.4 Å². The molecule has 1 aliphatic heterocycles. The molecular formula is C11H18BrN3O2S2. The summed E-state index contributed by atoms with van der Waals surface area (Å²) in [7, 11) is -3.07. The van der Waals surface area contributed by atoms with Gasteiger partial charge in [-0.25, -0.2) is 8.42 Å². The summed E-state index contributed by atoms with van der Waals surface area (Å²) in [5.41, 5.74) is 5.90. The summed E-state index contributed by atoms with van der Waals surface area (Å²) in [6.45, 7) is 3.06. The van der Waals surface area contributed by atoms with E-state index in [9.17, 15) is 8.42 Å². The van der Waals surface area contributed by atoms with E-state index in [0.717, 1.165) is 17.6 Å². The lowest BCUT2D eigenvalue weighted by atomic mass is 10.2. The number of hydrogen-bond donors (Lipinski definition) is 1. The maximum absolute atomic E-state index is 11.5. The fourth-order valence-corrected chi connectivity index (χ4v) is 4.92. The van der Waals surface area contributed by atoms with Crippen LogP contribution in [0.15, 0.2) is 15.9 Å². The molecule has 2 heterocycles. The highest BCUT2D eigenvalue weighted by Crippen LogP contribution is 2.32. The van der Waals surface area contributed by atoms with Crippen molar-refractivity contribution in [1.82, 2.24) is 9.21 Å². The molecule has 0 spiro atoms. The molecule has 0 saturated carbocycles. The topological polar surface area (TPSA) is 66.6 Å². The highest BCUT2D eigenvalue weighted by atomic mass is 79.9. The van der Waals surface area contributed by atoms with Crippen molar-refractivity contribution in [3.8, 4) is 0 Å². The maximum atomic E-state index is 11.5. The Bertz CT molecular complexity index is 524. The molecule has 0 aliphatic carbocycles. The van der Waals surface area contributed by atoms with Crippen LogP contribution in [-0.2, 0) is 10.0 Å². The van der Waals surface area contributed by atoms with Crippen molar-refractivity contribution in [3.63, 3.8) is 0 Å². The Morgan fingerprint density at radius 2 is 2.05 bits per heavy atom. The monoisotopic (exact) mass is 367 g/mol. The minimum Gasteiger partial charge on any atom is -0.329 e. The van der Waals surface area contributed by atoms with Crippen molar-refractivity contribution in [2.45, 2.75) is 6.04 Å². The van der Waals surface area contributed by atoms with E-state index >= 15 is 0 Å². The molecule has 1 unspecified atom stereocenters. The van der Waals surface area contributed by atoms with Gasteiger partial charge in [-0.05, 0) is 27.4 Å². The van der Waals surface area contributed by atoms with Crippen LogP contribution in [0.25, 0.3) is 0 Å². The number of sulfonamides is 1. The van der Waals surface area contributed by atoms with Gasteiger partial charge < -0.3 is 5.73 Å². The van der Waals surface area contributed by atoms with Gasteiger partial charge in [0.2, 0.25) is 10.0 Å². The molecule has 1 aromatic rings. The summed E-state index contributed by atoms with van der Waals surface area (Å²) in [6, 6.07) is 2.19. The van der Waals surface area contributed by atoms with Crippen molar-refractivity contribution >= 4 is 37.3 Å². The summed E-state index contributed by atoms with van der Waals surface area (Å²) >= 11 is 5.22. The van der Waals surface area contributed by atoms with Crippen LogP contribution >= 0.6 is 27.3 Å². The number of thiophene rings is 1. The molecule has 5 nitrogen and oxygen atoms in total. The average Bonchev–Trinajstić information content (AvgIpc) is 2.76. The first kappa shape index (κ1) is 15.4. The molecule has 1 saturated heterocycles. The van der Waals surface area contributed by atoms with Crippen LogP contribution in [0.1, 0.15) is 10.9 Å². The minimum absolute atomic E-state index is 0.163. The second kappa shape index (κ2) is 6.19. The van der Waals surface area contributed by atoms with Gasteiger partial charge in [-0.3, -0.25) is 4.90 Å². The van der Waals surface area contributed by atoms with Gasteiger partial charge in [0.05, 0.1) is 12.3 Å². The Kier molecular flexibility index (Phi) is 5.02. The number of hydrogen-bond acceptors (Lipinski definition) is 5. The standard InChI is InChI=1S/C11H18BrN3O2S2/c1-19(16,17)15-5-3-14(4-6-15)10(8-13)11-9(12)2-7-18-11/h2,7,10H,3-6,8,13H2,1H3. The van der Waals surface area contributed by atoms with Crippen LogP contribution in [-0.4, -0.2) is 56.6 Å². The van der Waals surface area contributed by atoms with E-state index in [1.54, 1.807) is 11.3 Å². The summed E-state index contributed by atoms with van der Waals surface area (Å²) in [6.07, 6.45) is 1.26. The van der Waals surface area contributed by atoms with Crippen LogP contribution in [0, 0.1) is 0 Å². The molecule has 0 aromatic carbocycles. The Hall–Kier alpha value is 0.01000. The number of nitrogens with two attached hydrogens (primary N) is 1. The molecule has 0 radical (unpaired) electrons. The SMILES string of the molecule is CS(=O)(=O)N1CCN(C(CN)c2sccc2Br)CC1. The predicted octanol–water partition coefficient (Wildman–Crippen LogP) is 1.09. The van der Waals surface area contributed by atoms with Crippen molar-refractivity contribution in [2.24, 2.45) is 5.73 Å². The first-order valence-corrected chi connectivity index (χ1v) is 9.57. The van der Waals surface area contributed by atoms with Gasteiger partial charge in [0, 0.05) is 42.1 Å². The number of nitrogens with zero attached hydrogens (tertiary/aromatic N) is 2. The van der Waals surface area contributed by atoms with Gasteiger partial charge in [0.15, 0.2) is 0 Å². The van der Waals surface area contributed by atoms with Gasteiger partial charge in [-0.15, -0.1) is 11.3 Å². The molecular weight excluding hydrogens is 350 g/mol. The van der Waals surface area contributed by atoms with Crippen LogP contribution in [0.2, 0.25) is 0 Å². The van der Waals surface area contributed by atoms with E-state index in [2.05, 4.69) is 20.8 Å². The van der Waals surface area contributed by atoms with E-state index in [4.69, 9.17) is 5.73 Å². The van der Waals surface area contributed by atoms with Gasteiger partial charge in [-0.2, -0.15) is 4.31 Å². The molecule has 1 aliphatic rings. The Labute approximate surface area is 126 Å². The zero-order chi connectivity index (χ0) is 14.0. The lowest BCUT2D eigenvalue weighted by Gasteiger charge is -2.37. The zero-order valence-electron chi connectivity index (χ0n) is 10.8. The largest absolute Gasteiger partial charge is 0.329 e. The minimum atomic E-state index is -3.07.